The van der Waals surface area contributed by atoms with Crippen molar-refractivity contribution in [1.82, 2.24) is 0 Å². The Morgan fingerprint density at radius 3 is 2.42 bits per heavy atom. The number of aryl methyl sites for hydroxylation is 1. The van der Waals surface area contributed by atoms with Crippen LogP contribution in [0.4, 0.5) is 0 Å². The Morgan fingerprint density at radius 1 is 1.05 bits per heavy atom. The van der Waals surface area contributed by atoms with Gasteiger partial charge in [0.1, 0.15) is 18.1 Å². The number of rotatable bonds is 4. The number of methoxy groups -OCH3 is 1. The molecular formula is C16H15NO2. The maximum absolute atomic E-state index is 8.72. The molecule has 19 heavy (non-hydrogen) atoms. The molecule has 0 bridgehead atoms. The van der Waals surface area contributed by atoms with Crippen molar-refractivity contribution < 1.29 is 9.47 Å². The summed E-state index contributed by atoms with van der Waals surface area (Å²) in [5.41, 5.74) is 2.82. The molecule has 0 aliphatic rings. The molecular weight excluding hydrogens is 238 g/mol. The van der Waals surface area contributed by atoms with Crippen LogP contribution in [-0.4, -0.2) is 7.11 Å². The number of benzene rings is 2. The third-order valence-electron chi connectivity index (χ3n) is 2.74. The van der Waals surface area contributed by atoms with Gasteiger partial charge in [-0.25, -0.2) is 0 Å². The van der Waals surface area contributed by atoms with Crippen molar-refractivity contribution in [3.8, 4) is 17.6 Å². The first-order valence-corrected chi connectivity index (χ1v) is 5.99. The molecule has 0 saturated carbocycles. The highest BCUT2D eigenvalue weighted by molar-refractivity contribution is 5.36. The molecule has 0 saturated heterocycles. The average Bonchev–Trinajstić information content (AvgIpc) is 2.45. The highest BCUT2D eigenvalue weighted by Gasteiger charge is 2.01. The molecule has 2 aromatic carbocycles. The van der Waals surface area contributed by atoms with Gasteiger partial charge in [-0.05, 0) is 54.4 Å². The van der Waals surface area contributed by atoms with Gasteiger partial charge in [0.2, 0.25) is 0 Å². The zero-order valence-electron chi connectivity index (χ0n) is 11.0. The smallest absolute Gasteiger partial charge is 0.119 e. The first kappa shape index (κ1) is 13.0. The van der Waals surface area contributed by atoms with E-state index in [0.29, 0.717) is 12.2 Å². The van der Waals surface area contributed by atoms with Crippen LogP contribution in [0.5, 0.6) is 11.5 Å². The molecule has 0 aliphatic carbocycles. The van der Waals surface area contributed by atoms with E-state index in [-0.39, 0.29) is 0 Å². The SMILES string of the molecule is COc1cc(C)cc(COc2ccc(C#N)cc2)c1. The monoisotopic (exact) mass is 253 g/mol. The van der Waals surface area contributed by atoms with Gasteiger partial charge in [-0.1, -0.05) is 6.07 Å². The maximum atomic E-state index is 8.72. The van der Waals surface area contributed by atoms with Crippen LogP contribution in [0.15, 0.2) is 42.5 Å². The van der Waals surface area contributed by atoms with Gasteiger partial charge < -0.3 is 9.47 Å². The van der Waals surface area contributed by atoms with Crippen LogP contribution in [0.1, 0.15) is 16.7 Å². The van der Waals surface area contributed by atoms with Crippen molar-refractivity contribution in [2.24, 2.45) is 0 Å². The minimum Gasteiger partial charge on any atom is -0.497 e. The van der Waals surface area contributed by atoms with E-state index >= 15 is 0 Å². The molecule has 0 aromatic heterocycles. The van der Waals surface area contributed by atoms with Crippen LogP contribution >= 0.6 is 0 Å². The molecule has 0 fully saturated rings. The molecule has 2 rings (SSSR count). The standard InChI is InChI=1S/C16H15NO2/c1-12-7-14(9-16(8-12)18-2)11-19-15-5-3-13(10-17)4-6-15/h3-9H,11H2,1-2H3. The molecule has 0 unspecified atom stereocenters. The van der Waals surface area contributed by atoms with Gasteiger partial charge in [-0.15, -0.1) is 0 Å². The largest absolute Gasteiger partial charge is 0.497 e. The van der Waals surface area contributed by atoms with E-state index in [9.17, 15) is 0 Å². The predicted molar refractivity (Wildman–Crippen MR) is 73.2 cm³/mol. The fourth-order valence-electron chi connectivity index (χ4n) is 1.82. The predicted octanol–water partition coefficient (Wildman–Crippen LogP) is 3.45. The Bertz CT molecular complexity index is 597. The van der Waals surface area contributed by atoms with Gasteiger partial charge in [-0.2, -0.15) is 5.26 Å². The lowest BCUT2D eigenvalue weighted by molar-refractivity contribution is 0.305. The summed E-state index contributed by atoms with van der Waals surface area (Å²) in [4.78, 5) is 0. The number of hydrogen-bond acceptors (Lipinski definition) is 3. The van der Waals surface area contributed by atoms with Gasteiger partial charge in [0.05, 0.1) is 18.7 Å². The third kappa shape index (κ3) is 3.49. The fraction of sp³-hybridized carbons (Fsp3) is 0.188. The van der Waals surface area contributed by atoms with E-state index in [1.54, 1.807) is 31.4 Å². The summed E-state index contributed by atoms with van der Waals surface area (Å²) in [6.45, 7) is 2.50. The second-order valence-corrected chi connectivity index (χ2v) is 4.28. The third-order valence-corrected chi connectivity index (χ3v) is 2.74. The minimum atomic E-state index is 0.476. The summed E-state index contributed by atoms with van der Waals surface area (Å²) < 4.78 is 10.9. The minimum absolute atomic E-state index is 0.476. The lowest BCUT2D eigenvalue weighted by Crippen LogP contribution is -1.97. The van der Waals surface area contributed by atoms with E-state index in [4.69, 9.17) is 14.7 Å². The van der Waals surface area contributed by atoms with E-state index < -0.39 is 0 Å². The molecule has 3 heteroatoms. The normalized spacial score (nSPS) is 9.74. The van der Waals surface area contributed by atoms with Crippen molar-refractivity contribution >= 4 is 0 Å². The van der Waals surface area contributed by atoms with Crippen LogP contribution in [0, 0.1) is 18.3 Å². The lowest BCUT2D eigenvalue weighted by atomic mass is 10.1. The van der Waals surface area contributed by atoms with Crippen LogP contribution in [0.25, 0.3) is 0 Å². The average molecular weight is 253 g/mol. The Labute approximate surface area is 113 Å². The van der Waals surface area contributed by atoms with Crippen LogP contribution in [-0.2, 0) is 6.61 Å². The Morgan fingerprint density at radius 2 is 1.79 bits per heavy atom. The first-order valence-electron chi connectivity index (χ1n) is 5.99. The number of nitrogens with zero attached hydrogens (tertiary/aromatic N) is 1. The highest BCUT2D eigenvalue weighted by atomic mass is 16.5. The number of nitriles is 1. The maximum Gasteiger partial charge on any atom is 0.119 e. The molecule has 0 radical (unpaired) electrons. The molecule has 0 N–H and O–H groups in total. The fourth-order valence-corrected chi connectivity index (χ4v) is 1.82. The van der Waals surface area contributed by atoms with Gasteiger partial charge in [0.25, 0.3) is 0 Å². The highest BCUT2D eigenvalue weighted by Crippen LogP contribution is 2.19. The molecule has 0 amide bonds. The van der Waals surface area contributed by atoms with E-state index in [0.717, 1.165) is 22.6 Å². The van der Waals surface area contributed by atoms with E-state index in [1.807, 2.05) is 19.1 Å². The second kappa shape index (κ2) is 5.92. The van der Waals surface area contributed by atoms with Crippen LogP contribution in [0.2, 0.25) is 0 Å². The molecule has 0 heterocycles. The zero-order valence-corrected chi connectivity index (χ0v) is 11.0. The Balaban J connectivity index is 2.05. The van der Waals surface area contributed by atoms with Gasteiger partial charge in [-0.3, -0.25) is 0 Å². The summed E-state index contributed by atoms with van der Waals surface area (Å²) in [5, 5.41) is 8.72. The van der Waals surface area contributed by atoms with Crippen molar-refractivity contribution in [1.29, 1.82) is 5.26 Å². The molecule has 0 aliphatic heterocycles. The quantitative estimate of drug-likeness (QED) is 0.838. The van der Waals surface area contributed by atoms with Crippen LogP contribution in [0.3, 0.4) is 0 Å². The van der Waals surface area contributed by atoms with E-state index in [1.165, 1.54) is 0 Å². The molecule has 96 valence electrons. The molecule has 2 aromatic rings. The summed E-state index contributed by atoms with van der Waals surface area (Å²) in [7, 11) is 1.65. The lowest BCUT2D eigenvalue weighted by Gasteiger charge is -2.09. The first-order chi connectivity index (χ1) is 9.21. The molecule has 0 spiro atoms. The summed E-state index contributed by atoms with van der Waals surface area (Å²) >= 11 is 0. The van der Waals surface area contributed by atoms with Crippen molar-refractivity contribution in [3.63, 3.8) is 0 Å². The number of hydrogen-bond donors (Lipinski definition) is 0. The summed E-state index contributed by atoms with van der Waals surface area (Å²) in [5.74, 6) is 1.58. The Hall–Kier alpha value is -2.47. The topological polar surface area (TPSA) is 42.2 Å². The van der Waals surface area contributed by atoms with Crippen molar-refractivity contribution in [2.75, 3.05) is 7.11 Å². The van der Waals surface area contributed by atoms with Gasteiger partial charge in [0.15, 0.2) is 0 Å². The number of ether oxygens (including phenoxy) is 2. The van der Waals surface area contributed by atoms with Gasteiger partial charge >= 0.3 is 0 Å². The van der Waals surface area contributed by atoms with Gasteiger partial charge in [0, 0.05) is 0 Å². The molecule has 0 atom stereocenters. The summed E-state index contributed by atoms with van der Waals surface area (Å²) in [6.07, 6.45) is 0. The zero-order chi connectivity index (χ0) is 13.7. The van der Waals surface area contributed by atoms with Crippen molar-refractivity contribution in [3.05, 3.63) is 59.2 Å². The summed E-state index contributed by atoms with van der Waals surface area (Å²) in [6, 6.07) is 15.2. The molecule has 3 nitrogen and oxygen atoms in total. The Kier molecular flexibility index (Phi) is 4.04. The van der Waals surface area contributed by atoms with E-state index in [2.05, 4.69) is 12.1 Å². The van der Waals surface area contributed by atoms with Crippen molar-refractivity contribution in [2.45, 2.75) is 13.5 Å². The second-order valence-electron chi connectivity index (χ2n) is 4.28. The van der Waals surface area contributed by atoms with Crippen LogP contribution < -0.4 is 9.47 Å².